The lowest BCUT2D eigenvalue weighted by molar-refractivity contribution is 0.239. The highest BCUT2D eigenvalue weighted by Gasteiger charge is 2.34. The maximum Gasteiger partial charge on any atom is 0.344 e. The van der Waals surface area contributed by atoms with Crippen LogP contribution in [0.5, 0.6) is 11.5 Å². The van der Waals surface area contributed by atoms with E-state index in [0.29, 0.717) is 22.3 Å². The van der Waals surface area contributed by atoms with E-state index >= 15 is 0 Å². The SMILES string of the molecule is FC(F)=C(F)Oc1ccccc1-c1cccc2c1C(c1ccccc1OC(F)=C(F)F)c1ccccc1-2. The summed E-state index contributed by atoms with van der Waals surface area (Å²) >= 11 is 0. The first kappa shape index (κ1) is 24.2. The molecule has 5 rings (SSSR count). The Kier molecular flexibility index (Phi) is 6.48. The van der Waals surface area contributed by atoms with E-state index in [1.807, 2.05) is 30.3 Å². The van der Waals surface area contributed by atoms with Crippen molar-refractivity contribution in [1.82, 2.24) is 0 Å². The van der Waals surface area contributed by atoms with E-state index in [2.05, 4.69) is 0 Å². The van der Waals surface area contributed by atoms with Crippen LogP contribution in [0.3, 0.4) is 0 Å². The fourth-order valence-electron chi connectivity index (χ4n) is 4.68. The summed E-state index contributed by atoms with van der Waals surface area (Å²) in [7, 11) is 0. The van der Waals surface area contributed by atoms with Crippen LogP contribution in [0.25, 0.3) is 22.3 Å². The number of hydrogen-bond acceptors (Lipinski definition) is 2. The molecule has 0 heterocycles. The van der Waals surface area contributed by atoms with Gasteiger partial charge in [-0.15, -0.1) is 0 Å². The molecule has 0 saturated carbocycles. The van der Waals surface area contributed by atoms with Gasteiger partial charge in [0.1, 0.15) is 11.5 Å². The van der Waals surface area contributed by atoms with Crippen molar-refractivity contribution < 1.29 is 35.8 Å². The summed E-state index contributed by atoms with van der Waals surface area (Å²) in [5.41, 5.74) is 4.35. The monoisotopic (exact) mass is 510 g/mol. The van der Waals surface area contributed by atoms with E-state index < -0.39 is 30.1 Å². The van der Waals surface area contributed by atoms with Gasteiger partial charge in [0.05, 0.1) is 0 Å². The van der Waals surface area contributed by atoms with Crippen molar-refractivity contribution in [1.29, 1.82) is 0 Å². The van der Waals surface area contributed by atoms with Crippen LogP contribution in [0.4, 0.5) is 26.3 Å². The molecule has 0 aromatic heterocycles. The van der Waals surface area contributed by atoms with Crippen molar-refractivity contribution in [2.45, 2.75) is 5.92 Å². The number of fused-ring (bicyclic) bond motifs is 3. The quantitative estimate of drug-likeness (QED) is 0.167. The molecule has 0 fully saturated rings. The van der Waals surface area contributed by atoms with E-state index in [1.165, 1.54) is 24.3 Å². The van der Waals surface area contributed by atoms with Gasteiger partial charge >= 0.3 is 24.2 Å². The van der Waals surface area contributed by atoms with Gasteiger partial charge in [-0.3, -0.25) is 0 Å². The molecule has 1 aliphatic carbocycles. The zero-order valence-electron chi connectivity index (χ0n) is 18.8. The Balaban J connectivity index is 1.75. The fraction of sp³-hybridized carbons (Fsp3) is 0.0345. The van der Waals surface area contributed by atoms with Crippen LogP contribution >= 0.6 is 0 Å². The summed E-state index contributed by atoms with van der Waals surface area (Å²) in [6, 6.07) is 21.0. The maximum atomic E-state index is 13.8. The normalized spacial score (nSPS) is 13.4. The standard InChI is InChI=1S/C29H16F6O2/c30-26(31)28(34)36-22-14-5-3-9-17(22)20-13-7-12-19-16-8-1-2-10-18(16)25(24(19)20)21-11-4-6-15-23(21)37-29(35)27(32)33/h1-15,25H. The first-order chi connectivity index (χ1) is 17.9. The van der Waals surface area contributed by atoms with Gasteiger partial charge in [-0.05, 0) is 39.9 Å². The van der Waals surface area contributed by atoms with Crippen molar-refractivity contribution in [3.8, 4) is 33.8 Å². The maximum absolute atomic E-state index is 13.8. The molecule has 1 aliphatic rings. The van der Waals surface area contributed by atoms with E-state index in [1.54, 1.807) is 36.4 Å². The fourth-order valence-corrected chi connectivity index (χ4v) is 4.68. The van der Waals surface area contributed by atoms with Crippen molar-refractivity contribution in [3.05, 3.63) is 132 Å². The van der Waals surface area contributed by atoms with Gasteiger partial charge in [0.15, 0.2) is 0 Å². The summed E-state index contributed by atoms with van der Waals surface area (Å²) in [6.07, 6.45) is -5.19. The molecule has 0 bridgehead atoms. The lowest BCUT2D eigenvalue weighted by Crippen LogP contribution is -2.05. The Morgan fingerprint density at radius 2 is 0.919 bits per heavy atom. The minimum Gasteiger partial charge on any atom is -0.428 e. The minimum atomic E-state index is -2.60. The Hall–Kier alpha value is -4.46. The van der Waals surface area contributed by atoms with Crippen LogP contribution in [0.1, 0.15) is 22.6 Å². The summed E-state index contributed by atoms with van der Waals surface area (Å²) < 4.78 is 88.7. The molecule has 4 aromatic rings. The van der Waals surface area contributed by atoms with E-state index in [9.17, 15) is 26.3 Å². The van der Waals surface area contributed by atoms with Crippen molar-refractivity contribution in [3.63, 3.8) is 0 Å². The second kappa shape index (κ2) is 9.89. The van der Waals surface area contributed by atoms with E-state index in [4.69, 9.17) is 9.47 Å². The molecule has 0 N–H and O–H groups in total. The lowest BCUT2D eigenvalue weighted by atomic mass is 9.84. The molecule has 2 nitrogen and oxygen atoms in total. The molecule has 4 aromatic carbocycles. The van der Waals surface area contributed by atoms with Gasteiger partial charge in [0, 0.05) is 17.0 Å². The van der Waals surface area contributed by atoms with Crippen LogP contribution in [-0.2, 0) is 0 Å². The molecule has 37 heavy (non-hydrogen) atoms. The number of halogens is 6. The summed E-state index contributed by atoms with van der Waals surface area (Å²) in [5, 5.41) is 0. The second-order valence-electron chi connectivity index (χ2n) is 8.09. The summed E-state index contributed by atoms with van der Waals surface area (Å²) in [4.78, 5) is 0. The largest absolute Gasteiger partial charge is 0.428 e. The number of ether oxygens (including phenoxy) is 2. The molecule has 0 aliphatic heterocycles. The van der Waals surface area contributed by atoms with Crippen molar-refractivity contribution >= 4 is 0 Å². The molecule has 1 unspecified atom stereocenters. The topological polar surface area (TPSA) is 18.5 Å². The van der Waals surface area contributed by atoms with Gasteiger partial charge in [-0.1, -0.05) is 78.9 Å². The highest BCUT2D eigenvalue weighted by atomic mass is 19.3. The van der Waals surface area contributed by atoms with Crippen LogP contribution < -0.4 is 9.47 Å². The third-order valence-electron chi connectivity index (χ3n) is 6.06. The number of rotatable bonds is 6. The molecule has 8 heteroatoms. The lowest BCUT2D eigenvalue weighted by Gasteiger charge is -2.21. The first-order valence-electron chi connectivity index (χ1n) is 11.0. The van der Waals surface area contributed by atoms with Gasteiger partial charge in [-0.2, -0.15) is 26.3 Å². The number of benzene rings is 4. The van der Waals surface area contributed by atoms with E-state index in [0.717, 1.165) is 16.7 Å². The average Bonchev–Trinajstić information content (AvgIpc) is 3.24. The second-order valence-corrected chi connectivity index (χ2v) is 8.09. The van der Waals surface area contributed by atoms with Gasteiger partial charge in [0.25, 0.3) is 0 Å². The highest BCUT2D eigenvalue weighted by Crippen LogP contribution is 2.54. The predicted octanol–water partition coefficient (Wildman–Crippen LogP) is 9.34. The molecule has 1 atom stereocenters. The first-order valence-corrected chi connectivity index (χ1v) is 11.0. The smallest absolute Gasteiger partial charge is 0.344 e. The molecule has 0 saturated heterocycles. The zero-order chi connectivity index (χ0) is 26.1. The number of para-hydroxylation sites is 2. The third kappa shape index (κ3) is 4.46. The highest BCUT2D eigenvalue weighted by molar-refractivity contribution is 5.89. The van der Waals surface area contributed by atoms with Gasteiger partial charge in [-0.25, -0.2) is 0 Å². The van der Waals surface area contributed by atoms with Crippen LogP contribution in [0, 0.1) is 0 Å². The Labute approximate surface area is 207 Å². The molecule has 0 amide bonds. The summed E-state index contributed by atoms with van der Waals surface area (Å²) in [5.74, 6) is -0.873. The summed E-state index contributed by atoms with van der Waals surface area (Å²) in [6.45, 7) is 0. The number of hydrogen-bond donors (Lipinski definition) is 0. The minimum absolute atomic E-state index is 0.117. The van der Waals surface area contributed by atoms with E-state index in [-0.39, 0.29) is 11.5 Å². The molecule has 0 radical (unpaired) electrons. The van der Waals surface area contributed by atoms with Crippen molar-refractivity contribution in [2.75, 3.05) is 0 Å². The van der Waals surface area contributed by atoms with Gasteiger partial charge in [0.2, 0.25) is 0 Å². The van der Waals surface area contributed by atoms with Crippen LogP contribution in [0.2, 0.25) is 0 Å². The predicted molar refractivity (Wildman–Crippen MR) is 127 cm³/mol. The molecular formula is C29H16F6O2. The Morgan fingerprint density at radius 1 is 0.459 bits per heavy atom. The van der Waals surface area contributed by atoms with Crippen molar-refractivity contribution in [2.24, 2.45) is 0 Å². The molecule has 186 valence electrons. The molecular weight excluding hydrogens is 494 g/mol. The van der Waals surface area contributed by atoms with Crippen LogP contribution in [0.15, 0.2) is 115 Å². The average molecular weight is 510 g/mol. The van der Waals surface area contributed by atoms with Crippen LogP contribution in [-0.4, -0.2) is 0 Å². The third-order valence-corrected chi connectivity index (χ3v) is 6.06. The van der Waals surface area contributed by atoms with Gasteiger partial charge < -0.3 is 9.47 Å². The molecule has 0 spiro atoms. The Morgan fingerprint density at radius 3 is 1.57 bits per heavy atom. The zero-order valence-corrected chi connectivity index (χ0v) is 18.8. The Bertz CT molecular complexity index is 1550.